The highest BCUT2D eigenvalue weighted by molar-refractivity contribution is 6.05. The van der Waals surface area contributed by atoms with Gasteiger partial charge in [-0.15, -0.1) is 0 Å². The zero-order valence-corrected chi connectivity index (χ0v) is 18.3. The molecule has 1 aromatic heterocycles. The molecule has 5 rings (SSSR count). The summed E-state index contributed by atoms with van der Waals surface area (Å²) in [4.78, 5) is 30.8. The first-order valence-electron chi connectivity index (χ1n) is 10.6. The molecular formula is C26H23N3O4. The van der Waals surface area contributed by atoms with Crippen LogP contribution >= 0.6 is 0 Å². The molecular weight excluding hydrogens is 418 g/mol. The predicted octanol–water partition coefficient (Wildman–Crippen LogP) is 4.00. The van der Waals surface area contributed by atoms with E-state index < -0.39 is 6.04 Å². The second-order valence-corrected chi connectivity index (χ2v) is 7.89. The fourth-order valence-corrected chi connectivity index (χ4v) is 4.10. The first-order valence-corrected chi connectivity index (χ1v) is 10.6. The van der Waals surface area contributed by atoms with Gasteiger partial charge in [0.05, 0.1) is 18.3 Å². The van der Waals surface area contributed by atoms with Gasteiger partial charge in [0.15, 0.2) is 0 Å². The molecule has 1 atom stereocenters. The summed E-state index contributed by atoms with van der Waals surface area (Å²) in [5.74, 6) is 0.759. The zero-order valence-electron chi connectivity index (χ0n) is 18.3. The lowest BCUT2D eigenvalue weighted by Crippen LogP contribution is -2.49. The predicted molar refractivity (Wildman–Crippen MR) is 127 cm³/mol. The van der Waals surface area contributed by atoms with Gasteiger partial charge in [0, 0.05) is 18.0 Å². The van der Waals surface area contributed by atoms with Crippen molar-refractivity contribution in [1.29, 1.82) is 0 Å². The third-order valence-corrected chi connectivity index (χ3v) is 5.85. The average Bonchev–Trinajstić information content (AvgIpc) is 3.26. The number of H-pyrrole nitrogens is 1. The number of amides is 2. The van der Waals surface area contributed by atoms with Gasteiger partial charge >= 0.3 is 0 Å². The van der Waals surface area contributed by atoms with E-state index in [2.05, 4.69) is 10.3 Å². The molecule has 3 aromatic carbocycles. The Morgan fingerprint density at radius 2 is 1.91 bits per heavy atom. The highest BCUT2D eigenvalue weighted by Gasteiger charge is 2.31. The van der Waals surface area contributed by atoms with Gasteiger partial charge in [-0.05, 0) is 35.9 Å². The van der Waals surface area contributed by atoms with Crippen LogP contribution in [-0.2, 0) is 4.79 Å². The van der Waals surface area contributed by atoms with E-state index in [4.69, 9.17) is 9.47 Å². The van der Waals surface area contributed by atoms with Crippen LogP contribution < -0.4 is 19.7 Å². The van der Waals surface area contributed by atoms with Crippen LogP contribution in [0.3, 0.4) is 0 Å². The number of benzene rings is 3. The molecule has 1 aliphatic rings. The number of rotatable bonds is 4. The van der Waals surface area contributed by atoms with E-state index in [9.17, 15) is 9.59 Å². The van der Waals surface area contributed by atoms with E-state index in [-0.39, 0.29) is 18.4 Å². The number of hydrogen-bond acceptors (Lipinski definition) is 4. The van der Waals surface area contributed by atoms with E-state index in [0.717, 1.165) is 27.8 Å². The molecule has 0 radical (unpaired) electrons. The minimum absolute atomic E-state index is 0.0568. The summed E-state index contributed by atoms with van der Waals surface area (Å²) in [5, 5.41) is 3.72. The minimum atomic E-state index is -0.806. The Balaban J connectivity index is 1.42. The molecule has 7 heteroatoms. The average molecular weight is 441 g/mol. The molecule has 33 heavy (non-hydrogen) atoms. The quantitative estimate of drug-likeness (QED) is 0.502. The van der Waals surface area contributed by atoms with E-state index >= 15 is 0 Å². The van der Waals surface area contributed by atoms with Gasteiger partial charge < -0.3 is 24.7 Å². The molecule has 1 aliphatic heterocycles. The summed E-state index contributed by atoms with van der Waals surface area (Å²) < 4.78 is 11.1. The third-order valence-electron chi connectivity index (χ3n) is 5.85. The maximum Gasteiger partial charge on any atom is 0.268 e. The highest BCUT2D eigenvalue weighted by Crippen LogP contribution is 2.32. The van der Waals surface area contributed by atoms with Crippen LogP contribution in [0, 0.1) is 0 Å². The van der Waals surface area contributed by atoms with Gasteiger partial charge in [-0.25, -0.2) is 0 Å². The van der Waals surface area contributed by atoms with Gasteiger partial charge in [0.2, 0.25) is 0 Å². The topological polar surface area (TPSA) is 83.7 Å². The van der Waals surface area contributed by atoms with E-state index in [1.165, 1.54) is 4.90 Å². The Kier molecular flexibility index (Phi) is 5.22. The Hall–Kier alpha value is -4.26. The fraction of sp³-hybridized carbons (Fsp3) is 0.154. The van der Waals surface area contributed by atoms with Gasteiger partial charge in [-0.3, -0.25) is 9.59 Å². The zero-order chi connectivity index (χ0) is 22.9. The van der Waals surface area contributed by atoms with Crippen LogP contribution in [0.15, 0.2) is 72.8 Å². The molecule has 0 fully saturated rings. The monoisotopic (exact) mass is 441 g/mol. The number of carbonyl (C=O) groups is 2. The van der Waals surface area contributed by atoms with E-state index in [1.54, 1.807) is 26.3 Å². The highest BCUT2D eigenvalue weighted by atomic mass is 16.5. The molecule has 4 aromatic rings. The summed E-state index contributed by atoms with van der Waals surface area (Å²) in [6, 6.07) is 21.9. The largest absolute Gasteiger partial charge is 0.497 e. The van der Waals surface area contributed by atoms with Gasteiger partial charge in [-0.1, -0.05) is 42.5 Å². The van der Waals surface area contributed by atoms with E-state index in [0.29, 0.717) is 17.1 Å². The molecule has 2 N–H and O–H groups in total. The summed E-state index contributed by atoms with van der Waals surface area (Å²) in [6.07, 6.45) is 0. The number of ether oxygens (including phenoxy) is 2. The number of fused-ring (bicyclic) bond motifs is 2. The number of nitrogens with zero attached hydrogens (tertiary/aromatic N) is 1. The SMILES string of the molecule is COc1cccc(-c2cccc3cc(C(=O)N[C@H]4COc5ccccc5N(C)C4=O)[nH]c23)c1. The fourth-order valence-electron chi connectivity index (χ4n) is 4.10. The molecule has 0 bridgehead atoms. The number of para-hydroxylation sites is 3. The lowest BCUT2D eigenvalue weighted by Gasteiger charge is -2.20. The number of aromatic amines is 1. The first-order chi connectivity index (χ1) is 16.0. The van der Waals surface area contributed by atoms with Crippen molar-refractivity contribution < 1.29 is 19.1 Å². The van der Waals surface area contributed by atoms with Crippen molar-refractivity contribution in [2.45, 2.75) is 6.04 Å². The molecule has 0 spiro atoms. The first kappa shape index (κ1) is 20.6. The number of methoxy groups -OCH3 is 1. The number of nitrogens with one attached hydrogen (secondary N) is 2. The van der Waals surface area contributed by atoms with Crippen molar-refractivity contribution in [3.05, 3.63) is 78.5 Å². The lowest BCUT2D eigenvalue weighted by atomic mass is 10.0. The lowest BCUT2D eigenvalue weighted by molar-refractivity contribution is -0.120. The van der Waals surface area contributed by atoms with Crippen molar-refractivity contribution in [3.8, 4) is 22.6 Å². The molecule has 2 amide bonds. The van der Waals surface area contributed by atoms with Gasteiger partial charge in [0.1, 0.15) is 29.8 Å². The Bertz CT molecular complexity index is 1360. The van der Waals surface area contributed by atoms with Gasteiger partial charge in [0.25, 0.3) is 11.8 Å². The summed E-state index contributed by atoms with van der Waals surface area (Å²) in [6.45, 7) is 0.0568. The van der Waals surface area contributed by atoms with Crippen LogP contribution in [-0.4, -0.2) is 43.6 Å². The summed E-state index contributed by atoms with van der Waals surface area (Å²) in [5.41, 5.74) is 3.81. The van der Waals surface area contributed by atoms with Crippen LogP contribution in [0.4, 0.5) is 5.69 Å². The van der Waals surface area contributed by atoms with Crippen LogP contribution in [0.2, 0.25) is 0 Å². The minimum Gasteiger partial charge on any atom is -0.497 e. The Morgan fingerprint density at radius 3 is 2.76 bits per heavy atom. The number of hydrogen-bond donors (Lipinski definition) is 2. The van der Waals surface area contributed by atoms with Crippen molar-refractivity contribution in [2.75, 3.05) is 25.7 Å². The van der Waals surface area contributed by atoms with Crippen LogP contribution in [0.25, 0.3) is 22.0 Å². The molecule has 166 valence electrons. The summed E-state index contributed by atoms with van der Waals surface area (Å²) >= 11 is 0. The van der Waals surface area contributed by atoms with Crippen molar-refractivity contribution >= 4 is 28.4 Å². The molecule has 2 heterocycles. The molecule has 0 saturated carbocycles. The van der Waals surface area contributed by atoms with Crippen LogP contribution in [0.5, 0.6) is 11.5 Å². The molecule has 7 nitrogen and oxygen atoms in total. The number of likely N-dealkylation sites (N-methyl/N-ethyl adjacent to an activating group) is 1. The molecule has 0 unspecified atom stereocenters. The Labute approximate surface area is 190 Å². The Morgan fingerprint density at radius 1 is 1.09 bits per heavy atom. The molecule has 0 aliphatic carbocycles. The maximum absolute atomic E-state index is 13.1. The second kappa shape index (κ2) is 8.35. The maximum atomic E-state index is 13.1. The molecule has 0 saturated heterocycles. The third kappa shape index (κ3) is 3.78. The summed E-state index contributed by atoms with van der Waals surface area (Å²) in [7, 11) is 3.31. The van der Waals surface area contributed by atoms with Crippen LogP contribution in [0.1, 0.15) is 10.5 Å². The number of carbonyl (C=O) groups excluding carboxylic acids is 2. The number of aromatic nitrogens is 1. The second-order valence-electron chi connectivity index (χ2n) is 7.89. The number of anilines is 1. The smallest absolute Gasteiger partial charge is 0.268 e. The van der Waals surface area contributed by atoms with Gasteiger partial charge in [-0.2, -0.15) is 0 Å². The normalized spacial score (nSPS) is 15.5. The van der Waals surface area contributed by atoms with Crippen molar-refractivity contribution in [1.82, 2.24) is 10.3 Å². The van der Waals surface area contributed by atoms with Crippen molar-refractivity contribution in [2.24, 2.45) is 0 Å². The van der Waals surface area contributed by atoms with Crippen molar-refractivity contribution in [3.63, 3.8) is 0 Å². The standard InChI is InChI=1S/C26H23N3O4/c1-29-22-11-3-4-12-23(22)33-15-21(26(29)31)28-25(30)20-14-17-8-6-10-19(24(17)27-20)16-7-5-9-18(13-16)32-2/h3-14,21,27H,15H2,1-2H3,(H,28,30)/t21-/m0/s1. The van der Waals surface area contributed by atoms with E-state index in [1.807, 2.05) is 60.7 Å².